The molecule has 1 amide bonds. The number of hydrogen-bond donors (Lipinski definition) is 1. The van der Waals surface area contributed by atoms with E-state index in [-0.39, 0.29) is 18.9 Å². The van der Waals surface area contributed by atoms with Crippen LogP contribution in [0, 0.1) is 0 Å². The number of halogens is 1. The van der Waals surface area contributed by atoms with Crippen LogP contribution in [-0.4, -0.2) is 19.6 Å². The van der Waals surface area contributed by atoms with E-state index >= 15 is 0 Å². The summed E-state index contributed by atoms with van der Waals surface area (Å²) in [6.45, 7) is 0.255. The molecule has 0 unspecified atom stereocenters. The second kappa shape index (κ2) is 7.55. The summed E-state index contributed by atoms with van der Waals surface area (Å²) in [5, 5.41) is 3.32. The summed E-state index contributed by atoms with van der Waals surface area (Å²) in [5.41, 5.74) is 0.641. The molecule has 0 radical (unpaired) electrons. The van der Waals surface area contributed by atoms with Crippen molar-refractivity contribution in [1.29, 1.82) is 0 Å². The molecular weight excluding hydrogens is 290 g/mol. The van der Waals surface area contributed by atoms with Gasteiger partial charge in [-0.3, -0.25) is 4.79 Å². The van der Waals surface area contributed by atoms with Crippen molar-refractivity contribution in [2.75, 3.05) is 19.0 Å². The minimum absolute atomic E-state index is 0.147. The molecule has 0 spiro atoms. The lowest BCUT2D eigenvalue weighted by atomic mass is 10.3. The molecule has 110 valence electrons. The van der Waals surface area contributed by atoms with Crippen LogP contribution in [0.25, 0.3) is 0 Å². The molecule has 0 aliphatic heterocycles. The van der Waals surface area contributed by atoms with Crippen molar-refractivity contribution in [2.45, 2.75) is 6.42 Å². The number of benzene rings is 2. The number of rotatable bonds is 6. The molecule has 0 atom stereocenters. The molecule has 5 heteroatoms. The highest BCUT2D eigenvalue weighted by molar-refractivity contribution is 6.32. The fraction of sp³-hybridized carbons (Fsp3) is 0.188. The summed E-state index contributed by atoms with van der Waals surface area (Å²) in [6, 6.07) is 14.4. The predicted molar refractivity (Wildman–Crippen MR) is 83.2 cm³/mol. The summed E-state index contributed by atoms with van der Waals surface area (Å²) in [4.78, 5) is 11.9. The van der Waals surface area contributed by atoms with Gasteiger partial charge in [0, 0.05) is 0 Å². The fourth-order valence-electron chi connectivity index (χ4n) is 1.78. The molecule has 1 N–H and O–H groups in total. The Bertz CT molecular complexity index is 616. The maximum absolute atomic E-state index is 11.9. The molecule has 0 saturated carbocycles. The van der Waals surface area contributed by atoms with E-state index in [0.29, 0.717) is 22.2 Å². The van der Waals surface area contributed by atoms with Crippen LogP contribution < -0.4 is 14.8 Å². The number of nitrogens with one attached hydrogen (secondary N) is 1. The number of methoxy groups -OCH3 is 1. The molecule has 0 aliphatic carbocycles. The molecule has 0 aromatic heterocycles. The number of ether oxygens (including phenoxy) is 2. The summed E-state index contributed by atoms with van der Waals surface area (Å²) < 4.78 is 10.6. The standard InChI is InChI=1S/C16H16ClNO3/c1-20-15-9-5-3-7-13(15)18-16(19)10-11-21-14-8-4-2-6-12(14)17/h2-9H,10-11H2,1H3,(H,18,19). The van der Waals surface area contributed by atoms with Gasteiger partial charge in [-0.25, -0.2) is 0 Å². The first-order valence-electron chi connectivity index (χ1n) is 6.51. The van der Waals surface area contributed by atoms with E-state index in [4.69, 9.17) is 21.1 Å². The van der Waals surface area contributed by atoms with Crippen molar-refractivity contribution in [1.82, 2.24) is 0 Å². The molecule has 2 rings (SSSR count). The molecule has 0 fully saturated rings. The number of amides is 1. The van der Waals surface area contributed by atoms with Crippen LogP contribution in [0.4, 0.5) is 5.69 Å². The number of hydrogen-bond acceptors (Lipinski definition) is 3. The van der Waals surface area contributed by atoms with Gasteiger partial charge < -0.3 is 14.8 Å². The van der Waals surface area contributed by atoms with Crippen LogP contribution in [0.15, 0.2) is 48.5 Å². The minimum Gasteiger partial charge on any atom is -0.495 e. The van der Waals surface area contributed by atoms with Crippen LogP contribution in [0.5, 0.6) is 11.5 Å². The Morgan fingerprint density at radius 3 is 2.48 bits per heavy atom. The molecule has 2 aromatic rings. The highest BCUT2D eigenvalue weighted by Crippen LogP contribution is 2.24. The van der Waals surface area contributed by atoms with E-state index in [1.807, 2.05) is 24.3 Å². The van der Waals surface area contributed by atoms with E-state index in [2.05, 4.69) is 5.32 Å². The zero-order chi connectivity index (χ0) is 15.1. The van der Waals surface area contributed by atoms with Crippen LogP contribution in [0.1, 0.15) is 6.42 Å². The molecule has 21 heavy (non-hydrogen) atoms. The predicted octanol–water partition coefficient (Wildman–Crippen LogP) is 3.76. The Hall–Kier alpha value is -2.20. The van der Waals surface area contributed by atoms with E-state index in [1.54, 1.807) is 31.4 Å². The summed E-state index contributed by atoms with van der Waals surface area (Å²) in [5.74, 6) is 1.05. The van der Waals surface area contributed by atoms with Gasteiger partial charge in [-0.1, -0.05) is 35.9 Å². The van der Waals surface area contributed by atoms with Crippen molar-refractivity contribution in [3.8, 4) is 11.5 Å². The minimum atomic E-state index is -0.147. The maximum Gasteiger partial charge on any atom is 0.227 e. The van der Waals surface area contributed by atoms with Crippen molar-refractivity contribution < 1.29 is 14.3 Å². The Labute approximate surface area is 128 Å². The largest absolute Gasteiger partial charge is 0.495 e. The second-order valence-corrected chi connectivity index (χ2v) is 4.68. The SMILES string of the molecule is COc1ccccc1NC(=O)CCOc1ccccc1Cl. The maximum atomic E-state index is 11.9. The van der Waals surface area contributed by atoms with E-state index < -0.39 is 0 Å². The Kier molecular flexibility index (Phi) is 5.46. The smallest absolute Gasteiger partial charge is 0.227 e. The Balaban J connectivity index is 1.84. The zero-order valence-electron chi connectivity index (χ0n) is 11.6. The van der Waals surface area contributed by atoms with Crippen LogP contribution >= 0.6 is 11.6 Å². The molecule has 0 aliphatic rings. The first-order chi connectivity index (χ1) is 10.2. The van der Waals surface area contributed by atoms with E-state index in [9.17, 15) is 4.79 Å². The number of carbonyl (C=O) groups is 1. The number of para-hydroxylation sites is 3. The quantitative estimate of drug-likeness (QED) is 0.884. The Morgan fingerprint density at radius 2 is 1.76 bits per heavy atom. The van der Waals surface area contributed by atoms with Crippen molar-refractivity contribution in [3.05, 3.63) is 53.6 Å². The molecule has 0 bridgehead atoms. The molecule has 0 heterocycles. The average Bonchev–Trinajstić information content (AvgIpc) is 2.50. The summed E-state index contributed by atoms with van der Waals surface area (Å²) >= 11 is 5.97. The van der Waals surface area contributed by atoms with Gasteiger partial charge in [0.25, 0.3) is 0 Å². The van der Waals surface area contributed by atoms with E-state index in [0.717, 1.165) is 0 Å². The highest BCUT2D eigenvalue weighted by atomic mass is 35.5. The number of anilines is 1. The van der Waals surface area contributed by atoms with Crippen molar-refractivity contribution >= 4 is 23.2 Å². The van der Waals surface area contributed by atoms with Gasteiger partial charge in [0.1, 0.15) is 11.5 Å². The van der Waals surface area contributed by atoms with Gasteiger partial charge in [-0.2, -0.15) is 0 Å². The lowest BCUT2D eigenvalue weighted by molar-refractivity contribution is -0.116. The molecule has 4 nitrogen and oxygen atoms in total. The Morgan fingerprint density at radius 1 is 1.10 bits per heavy atom. The van der Waals surface area contributed by atoms with Gasteiger partial charge >= 0.3 is 0 Å². The second-order valence-electron chi connectivity index (χ2n) is 4.28. The van der Waals surface area contributed by atoms with E-state index in [1.165, 1.54) is 0 Å². The fourth-order valence-corrected chi connectivity index (χ4v) is 1.97. The highest BCUT2D eigenvalue weighted by Gasteiger charge is 2.07. The number of carbonyl (C=O) groups excluding carboxylic acids is 1. The van der Waals surface area contributed by atoms with Crippen molar-refractivity contribution in [2.24, 2.45) is 0 Å². The van der Waals surface area contributed by atoms with Gasteiger partial charge in [-0.05, 0) is 24.3 Å². The van der Waals surface area contributed by atoms with Gasteiger partial charge in [0.15, 0.2) is 0 Å². The molecule has 2 aromatic carbocycles. The van der Waals surface area contributed by atoms with Crippen LogP contribution in [-0.2, 0) is 4.79 Å². The first-order valence-corrected chi connectivity index (χ1v) is 6.88. The first kappa shape index (κ1) is 15.2. The van der Waals surface area contributed by atoms with Crippen LogP contribution in [0.3, 0.4) is 0 Å². The van der Waals surface area contributed by atoms with Gasteiger partial charge in [0.2, 0.25) is 5.91 Å². The summed E-state index contributed by atoms with van der Waals surface area (Å²) in [6.07, 6.45) is 0.225. The lowest BCUT2D eigenvalue weighted by Gasteiger charge is -2.10. The third kappa shape index (κ3) is 4.39. The van der Waals surface area contributed by atoms with Gasteiger partial charge in [0.05, 0.1) is 30.8 Å². The monoisotopic (exact) mass is 305 g/mol. The zero-order valence-corrected chi connectivity index (χ0v) is 12.4. The molecule has 0 saturated heterocycles. The third-order valence-electron chi connectivity index (χ3n) is 2.80. The third-order valence-corrected chi connectivity index (χ3v) is 3.12. The van der Waals surface area contributed by atoms with Crippen LogP contribution in [0.2, 0.25) is 5.02 Å². The molecular formula is C16H16ClNO3. The van der Waals surface area contributed by atoms with Gasteiger partial charge in [-0.15, -0.1) is 0 Å². The summed E-state index contributed by atoms with van der Waals surface area (Å²) in [7, 11) is 1.56. The normalized spacial score (nSPS) is 10.0. The lowest BCUT2D eigenvalue weighted by Crippen LogP contribution is -2.15. The topological polar surface area (TPSA) is 47.6 Å². The van der Waals surface area contributed by atoms with Crippen molar-refractivity contribution in [3.63, 3.8) is 0 Å². The average molecular weight is 306 g/mol.